The van der Waals surface area contributed by atoms with Crippen molar-refractivity contribution in [2.45, 2.75) is 31.8 Å². The molecule has 0 spiro atoms. The quantitative estimate of drug-likeness (QED) is 0.769. The molecule has 0 aromatic carbocycles. The maximum Gasteiger partial charge on any atom is 0.222 e. The summed E-state index contributed by atoms with van der Waals surface area (Å²) in [6.45, 7) is 1.42. The molecule has 1 aromatic rings. The smallest absolute Gasteiger partial charge is 0.222 e. The van der Waals surface area contributed by atoms with E-state index in [9.17, 15) is 4.79 Å². The van der Waals surface area contributed by atoms with Gasteiger partial charge in [-0.3, -0.25) is 4.79 Å². The zero-order valence-electron chi connectivity index (χ0n) is 9.24. The minimum Gasteiger partial charge on any atom is -0.378 e. The molecular weight excluding hydrogens is 206 g/mol. The Bertz CT molecular complexity index is 318. The van der Waals surface area contributed by atoms with E-state index in [0.717, 1.165) is 31.7 Å². The fourth-order valence-electron chi connectivity index (χ4n) is 1.84. The predicted octanol–water partition coefficient (Wildman–Crippen LogP) is 0.637. The highest BCUT2D eigenvalue weighted by molar-refractivity contribution is 5.76. The van der Waals surface area contributed by atoms with Crippen LogP contribution in [0, 0.1) is 0 Å². The van der Waals surface area contributed by atoms with Crippen LogP contribution in [-0.4, -0.2) is 35.1 Å². The lowest BCUT2D eigenvalue weighted by Crippen LogP contribution is -2.29. The van der Waals surface area contributed by atoms with Gasteiger partial charge in [0.2, 0.25) is 5.91 Å². The third-order valence-electron chi connectivity index (χ3n) is 2.68. The average Bonchev–Trinajstić information content (AvgIpc) is 2.90. The molecule has 1 aliphatic heterocycles. The summed E-state index contributed by atoms with van der Waals surface area (Å²) in [5.41, 5.74) is 0. The Morgan fingerprint density at radius 2 is 2.62 bits per heavy atom. The summed E-state index contributed by atoms with van der Waals surface area (Å²) in [6.07, 6.45) is 6.93. The summed E-state index contributed by atoms with van der Waals surface area (Å²) in [5, 5.41) is 2.87. The number of nitrogens with one attached hydrogen (secondary N) is 2. The van der Waals surface area contributed by atoms with Crippen LogP contribution in [0.1, 0.15) is 25.1 Å². The van der Waals surface area contributed by atoms with Gasteiger partial charge in [-0.15, -0.1) is 0 Å². The van der Waals surface area contributed by atoms with Crippen LogP contribution in [0.3, 0.4) is 0 Å². The first-order valence-corrected chi connectivity index (χ1v) is 5.71. The number of rotatable bonds is 5. The minimum atomic E-state index is 0.0680. The number of hydrogen-bond donors (Lipinski definition) is 2. The normalized spacial score (nSPS) is 19.9. The molecule has 0 radical (unpaired) electrons. The summed E-state index contributed by atoms with van der Waals surface area (Å²) >= 11 is 0. The molecule has 1 fully saturated rings. The molecule has 0 bridgehead atoms. The molecule has 5 nitrogen and oxygen atoms in total. The van der Waals surface area contributed by atoms with E-state index in [1.54, 1.807) is 12.4 Å². The molecule has 0 aliphatic carbocycles. The molecule has 1 saturated heterocycles. The molecule has 1 amide bonds. The molecule has 0 saturated carbocycles. The minimum absolute atomic E-state index is 0.0680. The van der Waals surface area contributed by atoms with Gasteiger partial charge in [0, 0.05) is 32.0 Å². The van der Waals surface area contributed by atoms with E-state index in [1.165, 1.54) is 0 Å². The Balaban J connectivity index is 1.60. The maximum atomic E-state index is 11.5. The molecule has 2 heterocycles. The van der Waals surface area contributed by atoms with E-state index in [1.807, 2.05) is 0 Å². The van der Waals surface area contributed by atoms with Gasteiger partial charge in [-0.25, -0.2) is 4.98 Å². The van der Waals surface area contributed by atoms with Crippen molar-refractivity contribution >= 4 is 5.91 Å². The highest BCUT2D eigenvalue weighted by Gasteiger charge is 2.18. The lowest BCUT2D eigenvalue weighted by molar-refractivity contribution is -0.123. The SMILES string of the molecule is O=C(CC1CCCO1)NCCc1ncc[nH]1. The topological polar surface area (TPSA) is 67.0 Å². The molecule has 2 N–H and O–H groups in total. The van der Waals surface area contributed by atoms with E-state index in [4.69, 9.17) is 4.74 Å². The zero-order chi connectivity index (χ0) is 11.2. The maximum absolute atomic E-state index is 11.5. The van der Waals surface area contributed by atoms with Crippen molar-refractivity contribution < 1.29 is 9.53 Å². The first kappa shape index (κ1) is 11.1. The van der Waals surface area contributed by atoms with E-state index in [2.05, 4.69) is 15.3 Å². The van der Waals surface area contributed by atoms with Gasteiger partial charge in [0.15, 0.2) is 0 Å². The lowest BCUT2D eigenvalue weighted by Gasteiger charge is -2.09. The summed E-state index contributed by atoms with van der Waals surface area (Å²) in [6, 6.07) is 0. The van der Waals surface area contributed by atoms with Crippen molar-refractivity contribution in [2.75, 3.05) is 13.2 Å². The van der Waals surface area contributed by atoms with Crippen LogP contribution < -0.4 is 5.32 Å². The van der Waals surface area contributed by atoms with Crippen LogP contribution in [0.25, 0.3) is 0 Å². The second-order valence-electron chi connectivity index (χ2n) is 3.97. The van der Waals surface area contributed by atoms with E-state index in [-0.39, 0.29) is 12.0 Å². The number of imidazole rings is 1. The van der Waals surface area contributed by atoms with Gasteiger partial charge in [0.1, 0.15) is 5.82 Å². The third-order valence-corrected chi connectivity index (χ3v) is 2.68. The molecule has 88 valence electrons. The Labute approximate surface area is 94.6 Å². The number of hydrogen-bond acceptors (Lipinski definition) is 3. The standard InChI is InChI=1S/C11H17N3O2/c15-11(8-9-2-1-7-16-9)14-4-3-10-12-5-6-13-10/h5-6,9H,1-4,7-8H2,(H,12,13)(H,14,15). The number of amides is 1. The van der Waals surface area contributed by atoms with Gasteiger partial charge in [0.25, 0.3) is 0 Å². The lowest BCUT2D eigenvalue weighted by atomic mass is 10.2. The summed E-state index contributed by atoms with van der Waals surface area (Å²) < 4.78 is 5.40. The Morgan fingerprint density at radius 3 is 3.31 bits per heavy atom. The van der Waals surface area contributed by atoms with Crippen LogP contribution >= 0.6 is 0 Å². The van der Waals surface area contributed by atoms with Crippen molar-refractivity contribution in [3.8, 4) is 0 Å². The van der Waals surface area contributed by atoms with E-state index >= 15 is 0 Å². The number of H-pyrrole nitrogens is 1. The van der Waals surface area contributed by atoms with Crippen LogP contribution in [0.15, 0.2) is 12.4 Å². The monoisotopic (exact) mass is 223 g/mol. The van der Waals surface area contributed by atoms with E-state index < -0.39 is 0 Å². The van der Waals surface area contributed by atoms with Gasteiger partial charge < -0.3 is 15.0 Å². The molecule has 1 aromatic heterocycles. The predicted molar refractivity (Wildman–Crippen MR) is 58.9 cm³/mol. The van der Waals surface area contributed by atoms with Crippen molar-refractivity contribution in [3.05, 3.63) is 18.2 Å². The van der Waals surface area contributed by atoms with Gasteiger partial charge >= 0.3 is 0 Å². The number of ether oxygens (including phenoxy) is 1. The summed E-state index contributed by atoms with van der Waals surface area (Å²) in [5.74, 6) is 0.968. The average molecular weight is 223 g/mol. The Kier molecular flexibility index (Phi) is 3.93. The first-order valence-electron chi connectivity index (χ1n) is 5.71. The van der Waals surface area contributed by atoms with Crippen molar-refractivity contribution in [1.82, 2.24) is 15.3 Å². The number of nitrogens with zero attached hydrogens (tertiary/aromatic N) is 1. The second-order valence-corrected chi connectivity index (χ2v) is 3.97. The van der Waals surface area contributed by atoms with Crippen LogP contribution in [0.4, 0.5) is 0 Å². The fraction of sp³-hybridized carbons (Fsp3) is 0.636. The molecule has 16 heavy (non-hydrogen) atoms. The molecule has 2 rings (SSSR count). The molecule has 1 unspecified atom stereocenters. The van der Waals surface area contributed by atoms with Gasteiger partial charge in [0.05, 0.1) is 12.5 Å². The zero-order valence-corrected chi connectivity index (χ0v) is 9.24. The first-order chi connectivity index (χ1) is 7.84. The van der Waals surface area contributed by atoms with Crippen LogP contribution in [0.5, 0.6) is 0 Å². The number of carbonyl (C=O) groups is 1. The largest absolute Gasteiger partial charge is 0.378 e. The highest BCUT2D eigenvalue weighted by Crippen LogP contribution is 2.14. The molecule has 1 aliphatic rings. The van der Waals surface area contributed by atoms with Crippen LogP contribution in [-0.2, 0) is 16.0 Å². The third kappa shape index (κ3) is 3.34. The van der Waals surface area contributed by atoms with Gasteiger partial charge in [-0.1, -0.05) is 0 Å². The van der Waals surface area contributed by atoms with Crippen molar-refractivity contribution in [3.63, 3.8) is 0 Å². The second kappa shape index (κ2) is 5.65. The van der Waals surface area contributed by atoms with Gasteiger partial charge in [-0.05, 0) is 12.8 Å². The van der Waals surface area contributed by atoms with E-state index in [0.29, 0.717) is 13.0 Å². The highest BCUT2D eigenvalue weighted by atomic mass is 16.5. The Morgan fingerprint density at radius 1 is 1.69 bits per heavy atom. The van der Waals surface area contributed by atoms with Crippen LogP contribution in [0.2, 0.25) is 0 Å². The number of aromatic nitrogens is 2. The number of carbonyl (C=O) groups excluding carboxylic acids is 1. The molecular formula is C11H17N3O2. The number of aromatic amines is 1. The van der Waals surface area contributed by atoms with Crippen molar-refractivity contribution in [1.29, 1.82) is 0 Å². The van der Waals surface area contributed by atoms with Gasteiger partial charge in [-0.2, -0.15) is 0 Å². The fourth-order valence-corrected chi connectivity index (χ4v) is 1.84. The molecule has 5 heteroatoms. The summed E-state index contributed by atoms with van der Waals surface area (Å²) in [7, 11) is 0. The Hall–Kier alpha value is -1.36. The summed E-state index contributed by atoms with van der Waals surface area (Å²) in [4.78, 5) is 18.6. The molecule has 1 atom stereocenters. The van der Waals surface area contributed by atoms with Crippen molar-refractivity contribution in [2.24, 2.45) is 0 Å².